The number of nitrogens with one attached hydrogen (secondary N) is 1. The number of carbonyl (C=O) groups is 1. The number of rotatable bonds is 4. The maximum Gasteiger partial charge on any atom is 0.272 e. The van der Waals surface area contributed by atoms with Gasteiger partial charge in [-0.25, -0.2) is 13.5 Å². The van der Waals surface area contributed by atoms with Gasteiger partial charge in [0, 0.05) is 23.7 Å². The molecule has 3 aliphatic carbocycles. The van der Waals surface area contributed by atoms with E-state index in [4.69, 9.17) is 0 Å². The van der Waals surface area contributed by atoms with Gasteiger partial charge in [0.25, 0.3) is 5.91 Å². The Morgan fingerprint density at radius 3 is 2.79 bits per heavy atom. The first kappa shape index (κ1) is 16.8. The highest BCUT2D eigenvalue weighted by atomic mass is 19.1. The maximum absolute atomic E-state index is 14.4. The SMILES string of the molecule is O=C(NC1(c2ccccn2)CC1)c1nn(-c2ccc(F)cc2F)c2c1C[C@H]1C[C@@H]21. The predicted molar refractivity (Wildman–Crippen MR) is 101 cm³/mol. The van der Waals surface area contributed by atoms with Crippen molar-refractivity contribution < 1.29 is 13.6 Å². The molecule has 0 aliphatic heterocycles. The van der Waals surface area contributed by atoms with Gasteiger partial charge >= 0.3 is 0 Å². The van der Waals surface area contributed by atoms with Crippen LogP contribution in [-0.4, -0.2) is 20.7 Å². The van der Waals surface area contributed by atoms with Gasteiger partial charge in [-0.2, -0.15) is 5.10 Å². The fraction of sp³-hybridized carbons (Fsp3) is 0.318. The van der Waals surface area contributed by atoms with Crippen molar-refractivity contribution in [3.05, 3.63) is 76.9 Å². The van der Waals surface area contributed by atoms with Crippen molar-refractivity contribution in [3.8, 4) is 5.69 Å². The summed E-state index contributed by atoms with van der Waals surface area (Å²) in [6, 6.07) is 9.12. The number of nitrogens with zero attached hydrogens (tertiary/aromatic N) is 3. The van der Waals surface area contributed by atoms with Crippen LogP contribution < -0.4 is 5.32 Å². The van der Waals surface area contributed by atoms with Crippen LogP contribution in [0.15, 0.2) is 42.6 Å². The molecule has 6 rings (SSSR count). The molecule has 2 fully saturated rings. The molecule has 0 radical (unpaired) electrons. The fourth-order valence-corrected chi connectivity index (χ4v) is 4.63. The third-order valence-corrected chi connectivity index (χ3v) is 6.37. The van der Waals surface area contributed by atoms with Crippen LogP contribution in [0.25, 0.3) is 5.69 Å². The van der Waals surface area contributed by atoms with Crippen molar-refractivity contribution in [2.45, 2.75) is 37.1 Å². The fourth-order valence-electron chi connectivity index (χ4n) is 4.63. The Bertz CT molecular complexity index is 1150. The minimum atomic E-state index is -0.682. The number of hydrogen-bond donors (Lipinski definition) is 1. The summed E-state index contributed by atoms with van der Waals surface area (Å²) in [4.78, 5) is 17.6. The summed E-state index contributed by atoms with van der Waals surface area (Å²) in [7, 11) is 0. The highest BCUT2D eigenvalue weighted by molar-refractivity contribution is 5.95. The van der Waals surface area contributed by atoms with Crippen LogP contribution in [0.1, 0.15) is 52.6 Å². The molecular weight excluding hydrogens is 374 g/mol. The Morgan fingerprint density at radius 2 is 2.07 bits per heavy atom. The van der Waals surface area contributed by atoms with E-state index in [9.17, 15) is 13.6 Å². The zero-order chi connectivity index (χ0) is 19.8. The van der Waals surface area contributed by atoms with Gasteiger partial charge in [-0.15, -0.1) is 0 Å². The summed E-state index contributed by atoms with van der Waals surface area (Å²) in [6.45, 7) is 0. The van der Waals surface area contributed by atoms with E-state index < -0.39 is 17.2 Å². The Morgan fingerprint density at radius 1 is 1.21 bits per heavy atom. The number of pyridine rings is 1. The first-order chi connectivity index (χ1) is 14.1. The van der Waals surface area contributed by atoms with E-state index in [2.05, 4.69) is 15.4 Å². The normalized spacial score (nSPS) is 22.7. The number of fused-ring (bicyclic) bond motifs is 3. The molecule has 5 nitrogen and oxygen atoms in total. The molecule has 0 spiro atoms. The second kappa shape index (κ2) is 5.72. The smallest absolute Gasteiger partial charge is 0.272 e. The average Bonchev–Trinajstić information content (AvgIpc) is 3.59. The lowest BCUT2D eigenvalue weighted by Gasteiger charge is -2.16. The van der Waals surface area contributed by atoms with E-state index >= 15 is 0 Å². The van der Waals surface area contributed by atoms with Crippen LogP contribution in [-0.2, 0) is 12.0 Å². The summed E-state index contributed by atoms with van der Waals surface area (Å²) in [6.07, 6.45) is 5.19. The molecule has 0 saturated heterocycles. The molecule has 2 aromatic heterocycles. The van der Waals surface area contributed by atoms with E-state index in [0.717, 1.165) is 48.7 Å². The van der Waals surface area contributed by atoms with Gasteiger partial charge in [-0.1, -0.05) is 6.07 Å². The van der Waals surface area contributed by atoms with Gasteiger partial charge in [-0.05, 0) is 55.9 Å². The monoisotopic (exact) mass is 392 g/mol. The lowest BCUT2D eigenvalue weighted by atomic mass is 10.1. The predicted octanol–water partition coefficient (Wildman–Crippen LogP) is 3.62. The van der Waals surface area contributed by atoms with Crippen molar-refractivity contribution in [1.82, 2.24) is 20.1 Å². The van der Waals surface area contributed by atoms with Crippen LogP contribution in [0.5, 0.6) is 0 Å². The number of hydrogen-bond acceptors (Lipinski definition) is 3. The Kier molecular flexibility index (Phi) is 3.32. The molecule has 3 aliphatic rings. The van der Waals surface area contributed by atoms with E-state index in [1.54, 1.807) is 6.20 Å². The van der Waals surface area contributed by atoms with E-state index in [-0.39, 0.29) is 11.6 Å². The molecular formula is C22H18F2N4O. The van der Waals surface area contributed by atoms with E-state index in [0.29, 0.717) is 17.5 Å². The first-order valence-corrected chi connectivity index (χ1v) is 9.87. The van der Waals surface area contributed by atoms with Crippen LogP contribution in [0.3, 0.4) is 0 Å². The summed E-state index contributed by atoms with van der Waals surface area (Å²) in [5.74, 6) is -0.780. The number of aromatic nitrogens is 3. The molecule has 1 amide bonds. The molecule has 146 valence electrons. The molecule has 1 N–H and O–H groups in total. The third-order valence-electron chi connectivity index (χ3n) is 6.37. The first-order valence-electron chi connectivity index (χ1n) is 9.87. The zero-order valence-electron chi connectivity index (χ0n) is 15.5. The molecule has 2 atom stereocenters. The van der Waals surface area contributed by atoms with Crippen molar-refractivity contribution in [1.29, 1.82) is 0 Å². The van der Waals surface area contributed by atoms with Gasteiger partial charge in [0.1, 0.15) is 11.5 Å². The highest BCUT2D eigenvalue weighted by Crippen LogP contribution is 2.57. The van der Waals surface area contributed by atoms with Gasteiger partial charge in [-0.3, -0.25) is 9.78 Å². The largest absolute Gasteiger partial charge is 0.340 e. The van der Waals surface area contributed by atoms with Crippen molar-refractivity contribution in [3.63, 3.8) is 0 Å². The van der Waals surface area contributed by atoms with Crippen LogP contribution >= 0.6 is 0 Å². The van der Waals surface area contributed by atoms with Gasteiger partial charge in [0.15, 0.2) is 11.5 Å². The molecule has 2 heterocycles. The molecule has 3 aromatic rings. The van der Waals surface area contributed by atoms with Crippen molar-refractivity contribution in [2.75, 3.05) is 0 Å². The highest BCUT2D eigenvalue weighted by Gasteiger charge is 2.52. The molecule has 2 saturated carbocycles. The number of carbonyl (C=O) groups excluding carboxylic acids is 1. The minimum absolute atomic E-state index is 0.181. The molecule has 1 aromatic carbocycles. The minimum Gasteiger partial charge on any atom is -0.340 e. The second-order valence-corrected chi connectivity index (χ2v) is 8.28. The summed E-state index contributed by atoms with van der Waals surface area (Å²) < 4.78 is 29.3. The Labute approximate surface area is 165 Å². The zero-order valence-corrected chi connectivity index (χ0v) is 15.5. The van der Waals surface area contributed by atoms with Crippen molar-refractivity contribution in [2.24, 2.45) is 5.92 Å². The lowest BCUT2D eigenvalue weighted by molar-refractivity contribution is 0.0923. The Hall–Kier alpha value is -3.09. The molecule has 0 unspecified atom stereocenters. The standard InChI is InChI=1S/C22H18F2N4O/c23-13-4-5-17(16(24)11-13)28-20-14-9-12(14)10-15(20)19(27-28)21(29)26-22(6-7-22)18-3-1-2-8-25-18/h1-5,8,11-12,14H,6-7,9-10H2,(H,26,29)/t12-,14-/m1/s1. The van der Waals surface area contributed by atoms with E-state index in [1.807, 2.05) is 18.2 Å². The second-order valence-electron chi connectivity index (χ2n) is 8.28. The molecule has 0 bridgehead atoms. The maximum atomic E-state index is 14.4. The van der Waals surface area contributed by atoms with Gasteiger partial charge in [0.2, 0.25) is 0 Å². The van der Waals surface area contributed by atoms with E-state index in [1.165, 1.54) is 16.8 Å². The van der Waals surface area contributed by atoms with Gasteiger partial charge < -0.3 is 5.32 Å². The summed E-state index contributed by atoms with van der Waals surface area (Å²) >= 11 is 0. The van der Waals surface area contributed by atoms with Crippen molar-refractivity contribution >= 4 is 5.91 Å². The summed E-state index contributed by atoms with van der Waals surface area (Å²) in [5, 5.41) is 7.61. The summed E-state index contributed by atoms with van der Waals surface area (Å²) in [5.41, 5.74) is 2.71. The van der Waals surface area contributed by atoms with Gasteiger partial charge in [0.05, 0.1) is 16.9 Å². The van der Waals surface area contributed by atoms with Crippen LogP contribution in [0.4, 0.5) is 8.78 Å². The van der Waals surface area contributed by atoms with Crippen LogP contribution in [0.2, 0.25) is 0 Å². The van der Waals surface area contributed by atoms with Crippen LogP contribution in [0, 0.1) is 17.6 Å². The number of halogens is 2. The average molecular weight is 392 g/mol. The number of benzene rings is 1. The quantitative estimate of drug-likeness (QED) is 0.738. The lowest BCUT2D eigenvalue weighted by Crippen LogP contribution is -2.36. The number of amides is 1. The third kappa shape index (κ3) is 2.53. The molecule has 7 heteroatoms. The molecule has 29 heavy (non-hydrogen) atoms. The topological polar surface area (TPSA) is 59.8 Å². The Balaban J connectivity index is 1.39.